The van der Waals surface area contributed by atoms with E-state index in [9.17, 15) is 13.6 Å². The summed E-state index contributed by atoms with van der Waals surface area (Å²) in [6, 6.07) is 1.16. The van der Waals surface area contributed by atoms with Crippen LogP contribution in [-0.2, 0) is 0 Å². The quantitative estimate of drug-likeness (QED) is 0.804. The molecule has 0 aromatic carbocycles. The van der Waals surface area contributed by atoms with Gasteiger partial charge in [0.15, 0.2) is 0 Å². The molecule has 1 heterocycles. The first kappa shape index (κ1) is 14.8. The first-order valence-corrected chi connectivity index (χ1v) is 6.40. The topological polar surface area (TPSA) is 58.6 Å². The zero-order valence-electron chi connectivity index (χ0n) is 9.86. The molecule has 1 unspecified atom stereocenters. The van der Waals surface area contributed by atoms with E-state index in [-0.39, 0.29) is 23.3 Å². The lowest BCUT2D eigenvalue weighted by Crippen LogP contribution is -2.34. The van der Waals surface area contributed by atoms with Crippen molar-refractivity contribution in [3.63, 3.8) is 0 Å². The van der Waals surface area contributed by atoms with Crippen molar-refractivity contribution < 1.29 is 23.4 Å². The first-order valence-electron chi connectivity index (χ1n) is 5.52. The summed E-state index contributed by atoms with van der Waals surface area (Å²) in [5.74, 6) is -0.577. The maximum atomic E-state index is 12.1. The van der Waals surface area contributed by atoms with E-state index >= 15 is 0 Å². The summed E-state index contributed by atoms with van der Waals surface area (Å²) in [6.45, 7) is -1.12. The third kappa shape index (κ3) is 4.23. The third-order valence-electron chi connectivity index (χ3n) is 2.36. The molecule has 0 aliphatic rings. The van der Waals surface area contributed by atoms with Crippen molar-refractivity contribution in [3.8, 4) is 5.75 Å². The Hall–Kier alpha value is -1.21. The van der Waals surface area contributed by atoms with Gasteiger partial charge in [0, 0.05) is 12.6 Å². The minimum atomic E-state index is -2.95. The summed E-state index contributed by atoms with van der Waals surface area (Å²) in [6.07, 6.45) is 1.08. The van der Waals surface area contributed by atoms with Crippen molar-refractivity contribution in [3.05, 3.63) is 16.3 Å². The van der Waals surface area contributed by atoms with Gasteiger partial charge in [-0.1, -0.05) is 6.92 Å². The lowest BCUT2D eigenvalue weighted by Gasteiger charge is -2.15. The van der Waals surface area contributed by atoms with E-state index in [2.05, 4.69) is 10.1 Å². The molecule has 1 atom stereocenters. The van der Waals surface area contributed by atoms with Crippen molar-refractivity contribution in [1.82, 2.24) is 5.32 Å². The summed E-state index contributed by atoms with van der Waals surface area (Å²) in [4.78, 5) is 12.0. The number of nitrogens with one attached hydrogen (secondary N) is 1. The minimum Gasteiger partial charge on any atom is -0.433 e. The Kier molecular flexibility index (Phi) is 6.00. The van der Waals surface area contributed by atoms with Crippen LogP contribution in [-0.4, -0.2) is 30.3 Å². The second-order valence-electron chi connectivity index (χ2n) is 3.58. The number of carbonyl (C=O) groups excluding carboxylic acids is 1. The fourth-order valence-corrected chi connectivity index (χ4v) is 2.16. The number of halogens is 2. The summed E-state index contributed by atoms with van der Waals surface area (Å²) in [5, 5.41) is 13.0. The Morgan fingerprint density at radius 3 is 2.89 bits per heavy atom. The highest BCUT2D eigenvalue weighted by Gasteiger charge is 2.19. The van der Waals surface area contributed by atoms with Crippen LogP contribution in [0.3, 0.4) is 0 Å². The highest BCUT2D eigenvalue weighted by atomic mass is 32.1. The molecule has 7 heteroatoms. The van der Waals surface area contributed by atoms with E-state index < -0.39 is 12.5 Å². The molecule has 0 bridgehead atoms. The van der Waals surface area contributed by atoms with E-state index in [0.29, 0.717) is 12.8 Å². The lowest BCUT2D eigenvalue weighted by molar-refractivity contribution is -0.0498. The van der Waals surface area contributed by atoms with Gasteiger partial charge in [-0.3, -0.25) is 4.79 Å². The van der Waals surface area contributed by atoms with Crippen LogP contribution in [0.15, 0.2) is 11.4 Å². The van der Waals surface area contributed by atoms with Gasteiger partial charge < -0.3 is 15.2 Å². The van der Waals surface area contributed by atoms with E-state index in [1.165, 1.54) is 11.4 Å². The van der Waals surface area contributed by atoms with Gasteiger partial charge in [-0.05, 0) is 24.3 Å². The van der Waals surface area contributed by atoms with Crippen molar-refractivity contribution in [1.29, 1.82) is 0 Å². The predicted molar refractivity (Wildman–Crippen MR) is 64.2 cm³/mol. The fourth-order valence-electron chi connectivity index (χ4n) is 1.44. The van der Waals surface area contributed by atoms with Crippen LogP contribution in [0.25, 0.3) is 0 Å². The molecule has 102 valence electrons. The van der Waals surface area contributed by atoms with Crippen LogP contribution in [0.4, 0.5) is 8.78 Å². The Balaban J connectivity index is 2.68. The highest BCUT2D eigenvalue weighted by molar-refractivity contribution is 7.12. The smallest absolute Gasteiger partial charge is 0.387 e. The average molecular weight is 279 g/mol. The summed E-state index contributed by atoms with van der Waals surface area (Å²) in [5.41, 5.74) is 0. The van der Waals surface area contributed by atoms with Crippen LogP contribution < -0.4 is 10.1 Å². The number of thiophene rings is 1. The van der Waals surface area contributed by atoms with Gasteiger partial charge >= 0.3 is 6.61 Å². The van der Waals surface area contributed by atoms with Gasteiger partial charge in [0.05, 0.1) is 0 Å². The molecule has 1 rings (SSSR count). The summed E-state index contributed by atoms with van der Waals surface area (Å²) < 4.78 is 28.5. The first-order chi connectivity index (χ1) is 8.58. The average Bonchev–Trinajstić information content (AvgIpc) is 2.75. The zero-order valence-corrected chi connectivity index (χ0v) is 10.7. The maximum Gasteiger partial charge on any atom is 0.387 e. The number of hydrogen-bond donors (Lipinski definition) is 2. The fraction of sp³-hybridized carbons (Fsp3) is 0.545. The van der Waals surface area contributed by atoms with Gasteiger partial charge in [-0.25, -0.2) is 0 Å². The molecular formula is C11H15F2NO3S. The molecule has 0 spiro atoms. The number of carbonyl (C=O) groups is 1. The van der Waals surface area contributed by atoms with Gasteiger partial charge in [0.2, 0.25) is 0 Å². The van der Waals surface area contributed by atoms with Crippen LogP contribution in [0.1, 0.15) is 29.4 Å². The van der Waals surface area contributed by atoms with Gasteiger partial charge in [-0.15, -0.1) is 11.3 Å². The molecule has 18 heavy (non-hydrogen) atoms. The van der Waals surface area contributed by atoms with Crippen molar-refractivity contribution in [2.45, 2.75) is 32.4 Å². The normalized spacial score (nSPS) is 12.5. The largest absolute Gasteiger partial charge is 0.433 e. The Morgan fingerprint density at radius 2 is 2.33 bits per heavy atom. The van der Waals surface area contributed by atoms with Crippen molar-refractivity contribution >= 4 is 17.2 Å². The van der Waals surface area contributed by atoms with Crippen LogP contribution in [0.2, 0.25) is 0 Å². The van der Waals surface area contributed by atoms with Gasteiger partial charge in [-0.2, -0.15) is 8.78 Å². The molecule has 1 amide bonds. The number of aliphatic hydroxyl groups excluding tert-OH is 1. The van der Waals surface area contributed by atoms with Gasteiger partial charge in [0.25, 0.3) is 5.91 Å². The molecular weight excluding hydrogens is 264 g/mol. The van der Waals surface area contributed by atoms with Crippen molar-refractivity contribution in [2.75, 3.05) is 6.61 Å². The summed E-state index contributed by atoms with van der Waals surface area (Å²) in [7, 11) is 0. The molecule has 0 fully saturated rings. The maximum absolute atomic E-state index is 12.1. The number of rotatable bonds is 7. The molecule has 4 nitrogen and oxygen atoms in total. The van der Waals surface area contributed by atoms with E-state index in [1.807, 2.05) is 6.92 Å². The number of aliphatic hydroxyl groups is 1. The molecule has 0 saturated carbocycles. The highest BCUT2D eigenvalue weighted by Crippen LogP contribution is 2.26. The van der Waals surface area contributed by atoms with E-state index in [1.54, 1.807) is 0 Å². The predicted octanol–water partition coefficient (Wildman–Crippen LogP) is 2.24. The molecule has 0 aliphatic carbocycles. The van der Waals surface area contributed by atoms with Crippen LogP contribution in [0, 0.1) is 0 Å². The van der Waals surface area contributed by atoms with Gasteiger partial charge in [0.1, 0.15) is 10.6 Å². The molecule has 1 aromatic rings. The Morgan fingerprint density at radius 1 is 1.61 bits per heavy atom. The second-order valence-corrected chi connectivity index (χ2v) is 4.50. The second kappa shape index (κ2) is 7.27. The Bertz CT molecular complexity index is 384. The lowest BCUT2D eigenvalue weighted by atomic mass is 10.1. The SMILES string of the molecule is CCC(CCO)NC(=O)c1sccc1OC(F)F. The molecule has 0 saturated heterocycles. The number of amides is 1. The van der Waals surface area contributed by atoms with E-state index in [0.717, 1.165) is 11.3 Å². The zero-order chi connectivity index (χ0) is 13.5. The van der Waals surface area contributed by atoms with Crippen LogP contribution in [0.5, 0.6) is 5.75 Å². The molecule has 0 radical (unpaired) electrons. The van der Waals surface area contributed by atoms with E-state index in [4.69, 9.17) is 5.11 Å². The molecule has 1 aromatic heterocycles. The van der Waals surface area contributed by atoms with Crippen LogP contribution >= 0.6 is 11.3 Å². The van der Waals surface area contributed by atoms with Crippen molar-refractivity contribution in [2.24, 2.45) is 0 Å². The number of hydrogen-bond acceptors (Lipinski definition) is 4. The molecule has 2 N–H and O–H groups in total. The number of alkyl halides is 2. The third-order valence-corrected chi connectivity index (χ3v) is 3.25. The number of ether oxygens (including phenoxy) is 1. The summed E-state index contributed by atoms with van der Waals surface area (Å²) >= 11 is 1.04. The monoisotopic (exact) mass is 279 g/mol. The standard InChI is InChI=1S/C11H15F2NO3S/c1-2-7(3-5-15)14-10(16)9-8(4-6-18-9)17-11(12)13/h4,6-7,11,15H,2-3,5H2,1H3,(H,14,16). The molecule has 0 aliphatic heterocycles. The Labute approximate surface area is 108 Å². The minimum absolute atomic E-state index is 0.0381.